The summed E-state index contributed by atoms with van der Waals surface area (Å²) in [5, 5.41) is 16.7. The number of likely N-dealkylation sites (tertiary alicyclic amines) is 1. The quantitative estimate of drug-likeness (QED) is 0.0333. The van der Waals surface area contributed by atoms with Crippen molar-refractivity contribution in [1.82, 2.24) is 41.3 Å². The maximum atomic E-state index is 14.8. The Morgan fingerprint density at radius 1 is 0.724 bits per heavy atom. The fourth-order valence-corrected chi connectivity index (χ4v) is 11.2. The first-order valence-corrected chi connectivity index (χ1v) is 30.7. The fraction of sp³-hybridized carbons (Fsp3) is 0.672. The molecular formula is C64H104N10O13. The van der Waals surface area contributed by atoms with Crippen LogP contribution in [0.25, 0.3) is 0 Å². The van der Waals surface area contributed by atoms with Crippen LogP contribution in [0.15, 0.2) is 54.6 Å². The van der Waals surface area contributed by atoms with Crippen LogP contribution in [0.3, 0.4) is 0 Å². The molecule has 0 spiro atoms. The first-order valence-electron chi connectivity index (χ1n) is 30.7. The highest BCUT2D eigenvalue weighted by Gasteiger charge is 2.44. The minimum atomic E-state index is -1.04. The van der Waals surface area contributed by atoms with Gasteiger partial charge in [-0.3, -0.25) is 33.7 Å². The molecule has 23 nitrogen and oxygen atoms in total. The first-order chi connectivity index (χ1) is 40.9. The highest BCUT2D eigenvalue weighted by molar-refractivity contribution is 5.98. The van der Waals surface area contributed by atoms with Crippen LogP contribution in [0.2, 0.25) is 0 Å². The third kappa shape index (κ3) is 23.3. The Hall–Kier alpha value is -6.85. The van der Waals surface area contributed by atoms with Crippen LogP contribution in [0.4, 0.5) is 15.3 Å². The van der Waals surface area contributed by atoms with Gasteiger partial charge in [-0.1, -0.05) is 111 Å². The summed E-state index contributed by atoms with van der Waals surface area (Å²) in [4.78, 5) is 127. The van der Waals surface area contributed by atoms with Crippen molar-refractivity contribution in [2.24, 2.45) is 35.3 Å². The standard InChI is InChI=1S/C64H104N10O13/c1-18-41(8)54(49(84-15)37-50(75)74-34-23-27-48(74)55(85-16)42(9)56(76)69-47(61(81)86-17)36-44-24-20-19-21-25-44)73(14)60(80)52(39(4)5)70-59(79)53(40(6)7)72(13)35-32-43-28-30-45(31-29-43)67-57(77)46(26-22-33-66-62(65)82)68-58(78)51(38(2)3)71-63(83)87-64(10,11)12/h19-21,24-25,28-31,38-42,46-49,51-55H,18,22-23,26-27,32-37H2,1-17H3,(H,67,77)(H,68,78)(H,69,76)(H,70,79)(H,71,83)(H3,65,66,82)/t41-,42+,46-,47-,48-,49+,51-,52-,53-,54-,55+/m0/s1. The van der Waals surface area contributed by atoms with Gasteiger partial charge in [-0.05, 0) is 107 Å². The van der Waals surface area contributed by atoms with E-state index in [0.717, 1.165) is 11.1 Å². The molecule has 0 unspecified atom stereocenters. The lowest BCUT2D eigenvalue weighted by Gasteiger charge is -2.41. The van der Waals surface area contributed by atoms with Crippen LogP contribution >= 0.6 is 0 Å². The van der Waals surface area contributed by atoms with Gasteiger partial charge in [0.05, 0.1) is 49.8 Å². The number of carbonyl (C=O) groups is 9. The summed E-state index contributed by atoms with van der Waals surface area (Å²) in [5.74, 6) is -4.66. The van der Waals surface area contributed by atoms with Gasteiger partial charge in [0.15, 0.2) is 0 Å². The number of likely N-dealkylation sites (N-methyl/N-ethyl adjacent to an activating group) is 2. The van der Waals surface area contributed by atoms with Gasteiger partial charge in [0.25, 0.3) is 0 Å². The number of nitrogens with zero attached hydrogens (tertiary/aromatic N) is 3. The summed E-state index contributed by atoms with van der Waals surface area (Å²) in [7, 11) is 7.86. The molecule has 0 bridgehead atoms. The van der Waals surface area contributed by atoms with Crippen LogP contribution in [0.1, 0.15) is 133 Å². The number of urea groups is 1. The smallest absolute Gasteiger partial charge is 0.408 e. The van der Waals surface area contributed by atoms with Gasteiger partial charge in [-0.25, -0.2) is 14.4 Å². The molecule has 9 amide bonds. The predicted octanol–water partition coefficient (Wildman–Crippen LogP) is 5.57. The Balaban J connectivity index is 1.73. The molecule has 0 radical (unpaired) electrons. The van der Waals surface area contributed by atoms with Crippen molar-refractivity contribution in [3.8, 4) is 0 Å². The SMILES string of the molecule is CC[C@H](C)[C@@H]([C@@H](CC(=O)N1CCC[C@H]1[C@H](OC)[C@@H](C)C(=O)N[C@@H](Cc1ccccc1)C(=O)OC)OC)N(C)C(=O)[C@@H](NC(=O)[C@H](C(C)C)N(C)CCc1ccc(NC(=O)[C@H](CCCNC(N)=O)NC(=O)[C@@H](NC(=O)OC(C)(C)C)C(C)C)cc1)C(C)C. The van der Waals surface area contributed by atoms with Gasteiger partial charge in [0, 0.05) is 53.0 Å². The summed E-state index contributed by atoms with van der Waals surface area (Å²) in [6.45, 7) is 23.1. The molecular weight excluding hydrogens is 1120 g/mol. The second-order valence-electron chi connectivity index (χ2n) is 25.1. The maximum absolute atomic E-state index is 14.8. The summed E-state index contributed by atoms with van der Waals surface area (Å²) in [6.07, 6.45) is 0.849. The number of rotatable bonds is 34. The number of nitrogens with two attached hydrogens (primary N) is 1. The zero-order valence-electron chi connectivity index (χ0n) is 54.8. The van der Waals surface area contributed by atoms with Crippen LogP contribution in [0.5, 0.6) is 0 Å². The highest BCUT2D eigenvalue weighted by Crippen LogP contribution is 2.30. The van der Waals surface area contributed by atoms with E-state index in [1.165, 1.54) is 21.3 Å². The Kier molecular flexibility index (Phi) is 30.6. The summed E-state index contributed by atoms with van der Waals surface area (Å²) in [5.41, 5.74) is 6.66. The van der Waals surface area contributed by atoms with E-state index >= 15 is 0 Å². The number of primary amides is 1. The number of amides is 9. The molecule has 0 saturated carbocycles. The van der Waals surface area contributed by atoms with E-state index in [9.17, 15) is 43.2 Å². The van der Waals surface area contributed by atoms with E-state index in [0.29, 0.717) is 50.9 Å². The van der Waals surface area contributed by atoms with Crippen molar-refractivity contribution in [3.63, 3.8) is 0 Å². The Morgan fingerprint density at radius 3 is 1.89 bits per heavy atom. The number of ether oxygens (including phenoxy) is 4. The molecule has 0 aliphatic carbocycles. The topological polar surface area (TPSA) is 298 Å². The van der Waals surface area contributed by atoms with Crippen molar-refractivity contribution in [2.45, 2.75) is 195 Å². The second kappa shape index (κ2) is 35.8. The lowest BCUT2D eigenvalue weighted by molar-refractivity contribution is -0.149. The molecule has 1 fully saturated rings. The average Bonchev–Trinajstić information content (AvgIpc) is 3.48. The monoisotopic (exact) mass is 1220 g/mol. The van der Waals surface area contributed by atoms with Gasteiger partial charge in [-0.15, -0.1) is 0 Å². The summed E-state index contributed by atoms with van der Waals surface area (Å²) in [6, 6.07) is 10.2. The van der Waals surface area contributed by atoms with Crippen LogP contribution < -0.4 is 37.6 Å². The highest BCUT2D eigenvalue weighted by atomic mass is 16.6. The molecule has 8 N–H and O–H groups in total. The van der Waals surface area contributed by atoms with Gasteiger partial charge in [-0.2, -0.15) is 0 Å². The Bertz CT molecular complexity index is 2550. The molecule has 1 aliphatic heterocycles. The third-order valence-electron chi connectivity index (χ3n) is 16.1. The van der Waals surface area contributed by atoms with Crippen molar-refractivity contribution >= 4 is 59.2 Å². The maximum Gasteiger partial charge on any atom is 0.408 e. The van der Waals surface area contributed by atoms with Crippen molar-refractivity contribution < 1.29 is 62.1 Å². The summed E-state index contributed by atoms with van der Waals surface area (Å²) >= 11 is 0. The van der Waals surface area contributed by atoms with Crippen molar-refractivity contribution in [3.05, 3.63) is 65.7 Å². The fourth-order valence-electron chi connectivity index (χ4n) is 11.2. The number of hydrogen-bond donors (Lipinski definition) is 7. The molecule has 2 aromatic carbocycles. The van der Waals surface area contributed by atoms with Gasteiger partial charge in [0.2, 0.25) is 35.4 Å². The van der Waals surface area contributed by atoms with Gasteiger partial charge < -0.3 is 66.4 Å². The van der Waals surface area contributed by atoms with E-state index in [-0.39, 0.29) is 67.2 Å². The molecule has 1 aliphatic rings. The van der Waals surface area contributed by atoms with Crippen LogP contribution in [-0.2, 0) is 65.4 Å². The lowest BCUT2D eigenvalue weighted by atomic mass is 9.89. The Labute approximate surface area is 516 Å². The average molecular weight is 1220 g/mol. The number of hydrogen-bond acceptors (Lipinski definition) is 14. The molecule has 0 aromatic heterocycles. The number of esters is 1. The van der Waals surface area contributed by atoms with Crippen LogP contribution in [-0.4, -0.2) is 183 Å². The molecule has 488 valence electrons. The minimum absolute atomic E-state index is 0.0651. The molecule has 11 atom stereocenters. The van der Waals surface area contributed by atoms with E-state index in [4.69, 9.17) is 24.7 Å². The Morgan fingerprint density at radius 2 is 1.34 bits per heavy atom. The zero-order valence-corrected chi connectivity index (χ0v) is 54.8. The number of anilines is 1. The number of alkyl carbamates (subject to hydrolysis) is 1. The van der Waals surface area contributed by atoms with E-state index < -0.39 is 102 Å². The number of nitrogens with one attached hydrogen (secondary N) is 6. The normalized spacial score (nSPS) is 16.9. The molecule has 23 heteroatoms. The molecule has 1 heterocycles. The van der Waals surface area contributed by atoms with Crippen molar-refractivity contribution in [2.75, 3.05) is 60.4 Å². The molecule has 2 aromatic rings. The predicted molar refractivity (Wildman–Crippen MR) is 334 cm³/mol. The van der Waals surface area contributed by atoms with Gasteiger partial charge in [0.1, 0.15) is 29.8 Å². The second-order valence-corrected chi connectivity index (χ2v) is 25.1. The third-order valence-corrected chi connectivity index (χ3v) is 16.1. The number of carbonyl (C=O) groups excluding carboxylic acids is 9. The van der Waals surface area contributed by atoms with E-state index in [1.54, 1.807) is 70.5 Å². The lowest BCUT2D eigenvalue weighted by Crippen LogP contribution is -2.60. The number of methoxy groups -OCH3 is 3. The van der Waals surface area contributed by atoms with E-state index in [1.807, 2.05) is 96.0 Å². The van der Waals surface area contributed by atoms with Crippen molar-refractivity contribution in [1.29, 1.82) is 0 Å². The zero-order chi connectivity index (χ0) is 65.5. The molecule has 1 saturated heterocycles. The molecule has 87 heavy (non-hydrogen) atoms. The largest absolute Gasteiger partial charge is 0.467 e. The minimum Gasteiger partial charge on any atom is -0.467 e. The number of benzene rings is 2. The van der Waals surface area contributed by atoms with E-state index in [2.05, 4.69) is 31.9 Å². The summed E-state index contributed by atoms with van der Waals surface area (Å²) < 4.78 is 22.5. The first kappa shape index (κ1) is 74.4. The van der Waals surface area contributed by atoms with Crippen LogP contribution in [0, 0.1) is 29.6 Å². The van der Waals surface area contributed by atoms with Gasteiger partial charge >= 0.3 is 18.1 Å². The molecule has 3 rings (SSSR count).